The molecule has 2 aliphatic rings. The summed E-state index contributed by atoms with van der Waals surface area (Å²) in [5.74, 6) is -0.269. The zero-order chi connectivity index (χ0) is 14.3. The van der Waals surface area contributed by atoms with Crippen LogP contribution in [0.3, 0.4) is 0 Å². The first-order chi connectivity index (χ1) is 9.58. The average molecular weight is 273 g/mol. The summed E-state index contributed by atoms with van der Waals surface area (Å²) < 4.78 is 0. The topological polar surface area (TPSA) is 69.7 Å². The largest absolute Gasteiger partial charge is 0.334 e. The van der Waals surface area contributed by atoms with Gasteiger partial charge < -0.3 is 10.2 Å². The van der Waals surface area contributed by atoms with Crippen molar-refractivity contribution in [3.8, 4) is 0 Å². The van der Waals surface area contributed by atoms with E-state index < -0.39 is 0 Å². The van der Waals surface area contributed by atoms with Crippen LogP contribution in [0.2, 0.25) is 0 Å². The number of likely N-dealkylation sites (tertiary alicyclic amines) is 1. The lowest BCUT2D eigenvalue weighted by atomic mass is 10.0. The molecular weight excluding hydrogens is 258 g/mol. The minimum atomic E-state index is -0.358. The minimum absolute atomic E-state index is 0.0496. The van der Waals surface area contributed by atoms with Crippen LogP contribution < -0.4 is 5.32 Å². The molecule has 1 N–H and O–H groups in total. The van der Waals surface area contributed by atoms with Crippen molar-refractivity contribution in [1.29, 1.82) is 0 Å². The van der Waals surface area contributed by atoms with Crippen molar-refractivity contribution in [2.75, 3.05) is 19.6 Å². The first-order valence-corrected chi connectivity index (χ1v) is 6.52. The highest BCUT2D eigenvalue weighted by molar-refractivity contribution is 6.03. The Morgan fingerprint density at radius 3 is 2.55 bits per heavy atom. The van der Waals surface area contributed by atoms with Gasteiger partial charge in [-0.3, -0.25) is 14.5 Å². The van der Waals surface area contributed by atoms with Gasteiger partial charge in [0.15, 0.2) is 0 Å². The van der Waals surface area contributed by atoms with Crippen molar-refractivity contribution >= 4 is 17.8 Å². The molecule has 2 aliphatic heterocycles. The zero-order valence-corrected chi connectivity index (χ0v) is 11.1. The van der Waals surface area contributed by atoms with Gasteiger partial charge in [0, 0.05) is 18.7 Å². The van der Waals surface area contributed by atoms with E-state index in [0.717, 1.165) is 5.56 Å². The normalized spacial score (nSPS) is 19.1. The summed E-state index contributed by atoms with van der Waals surface area (Å²) in [7, 11) is 0. The molecule has 1 aromatic carbocycles. The van der Waals surface area contributed by atoms with Gasteiger partial charge in [-0.05, 0) is 18.6 Å². The molecule has 20 heavy (non-hydrogen) atoms. The highest BCUT2D eigenvalue weighted by atomic mass is 16.2. The van der Waals surface area contributed by atoms with E-state index in [9.17, 15) is 14.4 Å². The molecule has 0 spiro atoms. The van der Waals surface area contributed by atoms with Crippen LogP contribution in [0.5, 0.6) is 0 Å². The van der Waals surface area contributed by atoms with Gasteiger partial charge in [-0.15, -0.1) is 0 Å². The Bertz CT molecular complexity index is 577. The van der Waals surface area contributed by atoms with Crippen LogP contribution in [0, 0.1) is 6.92 Å². The lowest BCUT2D eigenvalue weighted by Gasteiger charge is -2.42. The molecular formula is C14H15N3O3. The van der Waals surface area contributed by atoms with Gasteiger partial charge in [0.2, 0.25) is 5.91 Å². The number of hydrogen-bond donors (Lipinski definition) is 1. The average Bonchev–Trinajstić information content (AvgIpc) is 2.69. The van der Waals surface area contributed by atoms with Crippen molar-refractivity contribution in [3.05, 3.63) is 35.4 Å². The third-order valence-corrected chi connectivity index (χ3v) is 3.77. The molecule has 0 bridgehead atoms. The monoisotopic (exact) mass is 273 g/mol. The Hall–Kier alpha value is -2.37. The van der Waals surface area contributed by atoms with Crippen LogP contribution >= 0.6 is 0 Å². The summed E-state index contributed by atoms with van der Waals surface area (Å²) in [4.78, 5) is 38.2. The van der Waals surface area contributed by atoms with Crippen molar-refractivity contribution in [2.45, 2.75) is 13.0 Å². The van der Waals surface area contributed by atoms with Gasteiger partial charge in [0.1, 0.15) is 0 Å². The fraction of sp³-hybridized carbons (Fsp3) is 0.357. The number of carbonyl (C=O) groups is 3. The number of benzene rings is 1. The predicted molar refractivity (Wildman–Crippen MR) is 71.1 cm³/mol. The van der Waals surface area contributed by atoms with Crippen molar-refractivity contribution in [1.82, 2.24) is 15.1 Å². The molecule has 0 saturated carbocycles. The van der Waals surface area contributed by atoms with E-state index in [0.29, 0.717) is 18.7 Å². The van der Waals surface area contributed by atoms with E-state index in [-0.39, 0.29) is 30.4 Å². The van der Waals surface area contributed by atoms with Gasteiger partial charge in [-0.1, -0.05) is 18.2 Å². The second-order valence-corrected chi connectivity index (χ2v) is 5.10. The van der Waals surface area contributed by atoms with Crippen molar-refractivity contribution < 1.29 is 14.4 Å². The lowest BCUT2D eigenvalue weighted by Crippen LogP contribution is -2.62. The minimum Gasteiger partial charge on any atom is -0.334 e. The summed E-state index contributed by atoms with van der Waals surface area (Å²) in [5.41, 5.74) is 1.60. The molecule has 0 aliphatic carbocycles. The van der Waals surface area contributed by atoms with Crippen LogP contribution in [0.15, 0.2) is 24.3 Å². The smallest absolute Gasteiger partial charge is 0.324 e. The number of rotatable bonds is 2. The molecule has 1 aromatic rings. The summed E-state index contributed by atoms with van der Waals surface area (Å²) >= 11 is 0. The molecule has 2 heterocycles. The van der Waals surface area contributed by atoms with Crippen LogP contribution in [0.25, 0.3) is 0 Å². The van der Waals surface area contributed by atoms with Crippen LogP contribution in [0.4, 0.5) is 4.79 Å². The Balaban J connectivity index is 1.66. The summed E-state index contributed by atoms with van der Waals surface area (Å²) in [5, 5.41) is 2.49. The van der Waals surface area contributed by atoms with Crippen molar-refractivity contribution in [2.24, 2.45) is 0 Å². The highest BCUT2D eigenvalue weighted by Crippen LogP contribution is 2.21. The first kappa shape index (κ1) is 12.7. The van der Waals surface area contributed by atoms with Gasteiger partial charge >= 0.3 is 6.03 Å². The summed E-state index contributed by atoms with van der Waals surface area (Å²) in [6.07, 6.45) is 0. The van der Waals surface area contributed by atoms with Crippen LogP contribution in [-0.4, -0.2) is 53.3 Å². The van der Waals surface area contributed by atoms with E-state index in [1.165, 1.54) is 4.90 Å². The van der Waals surface area contributed by atoms with Crippen LogP contribution in [-0.2, 0) is 4.79 Å². The molecule has 0 atom stereocenters. The zero-order valence-electron chi connectivity index (χ0n) is 11.1. The number of imide groups is 1. The maximum atomic E-state index is 12.3. The molecule has 2 fully saturated rings. The Kier molecular flexibility index (Phi) is 2.93. The molecule has 0 aromatic heterocycles. The second kappa shape index (κ2) is 4.63. The van der Waals surface area contributed by atoms with E-state index in [1.807, 2.05) is 25.1 Å². The molecule has 2 saturated heterocycles. The van der Waals surface area contributed by atoms with Crippen LogP contribution in [0.1, 0.15) is 15.9 Å². The first-order valence-electron chi connectivity index (χ1n) is 6.52. The number of nitrogens with one attached hydrogen (secondary N) is 1. The molecule has 104 valence electrons. The molecule has 0 radical (unpaired) electrons. The number of aryl methyl sites for hydroxylation is 1. The fourth-order valence-electron chi connectivity index (χ4n) is 2.57. The Labute approximate surface area is 116 Å². The maximum Gasteiger partial charge on any atom is 0.324 e. The second-order valence-electron chi connectivity index (χ2n) is 5.10. The SMILES string of the molecule is Cc1ccccc1C(=O)N1CC(N2C(=O)CNC2=O)C1. The van der Waals surface area contributed by atoms with Gasteiger partial charge in [0.05, 0.1) is 12.6 Å². The van der Waals surface area contributed by atoms with Crippen molar-refractivity contribution in [3.63, 3.8) is 0 Å². The molecule has 6 nitrogen and oxygen atoms in total. The molecule has 6 heteroatoms. The highest BCUT2D eigenvalue weighted by Gasteiger charge is 2.43. The number of amides is 4. The number of hydrogen-bond acceptors (Lipinski definition) is 3. The standard InChI is InChI=1S/C14H15N3O3/c1-9-4-2-3-5-11(9)13(19)16-7-10(8-16)17-12(18)6-15-14(17)20/h2-5,10H,6-8H2,1H3,(H,15,20). The predicted octanol–water partition coefficient (Wildman–Crippen LogP) is 0.371. The molecule has 4 amide bonds. The molecule has 3 rings (SSSR count). The third-order valence-electron chi connectivity index (χ3n) is 3.77. The van der Waals surface area contributed by atoms with E-state index >= 15 is 0 Å². The number of urea groups is 1. The Morgan fingerprint density at radius 2 is 1.95 bits per heavy atom. The Morgan fingerprint density at radius 1 is 1.25 bits per heavy atom. The van der Waals surface area contributed by atoms with Gasteiger partial charge in [0.25, 0.3) is 5.91 Å². The number of carbonyl (C=O) groups excluding carboxylic acids is 3. The van der Waals surface area contributed by atoms with Gasteiger partial charge in [-0.2, -0.15) is 0 Å². The summed E-state index contributed by atoms with van der Waals surface area (Å²) in [6, 6.07) is 6.84. The lowest BCUT2D eigenvalue weighted by molar-refractivity contribution is -0.128. The summed E-state index contributed by atoms with van der Waals surface area (Å²) in [6.45, 7) is 2.77. The quantitative estimate of drug-likeness (QED) is 0.792. The van der Waals surface area contributed by atoms with Gasteiger partial charge in [-0.25, -0.2) is 4.79 Å². The van der Waals surface area contributed by atoms with E-state index in [2.05, 4.69) is 5.32 Å². The third kappa shape index (κ3) is 1.93. The fourth-order valence-corrected chi connectivity index (χ4v) is 2.57. The van der Waals surface area contributed by atoms with E-state index in [1.54, 1.807) is 11.0 Å². The van der Waals surface area contributed by atoms with E-state index in [4.69, 9.17) is 0 Å². The maximum absolute atomic E-state index is 12.3. The molecule has 0 unspecified atom stereocenters. The number of nitrogens with zero attached hydrogens (tertiary/aromatic N) is 2.